The first kappa shape index (κ1) is 13.9. The van der Waals surface area contributed by atoms with Crippen molar-refractivity contribution in [3.05, 3.63) is 24.3 Å². The van der Waals surface area contributed by atoms with E-state index < -0.39 is 0 Å². The minimum atomic E-state index is 0.666. The van der Waals surface area contributed by atoms with Crippen molar-refractivity contribution in [2.24, 2.45) is 13.0 Å². The molecule has 0 spiro atoms. The van der Waals surface area contributed by atoms with Gasteiger partial charge in [0.05, 0.1) is 6.54 Å². The number of hydrogen-bond acceptors (Lipinski definition) is 5. The van der Waals surface area contributed by atoms with Gasteiger partial charge in [0, 0.05) is 19.5 Å². The fourth-order valence-electron chi connectivity index (χ4n) is 3.33. The standard InChI is InChI=1S/C15H23N7/c1-20-14(18-19-15(20)13-2-3-13)9-21-6-4-12(5-7-21)8-22-11-16-10-17-22/h10-13H,2-9H2,1H3. The molecule has 1 aliphatic heterocycles. The SMILES string of the molecule is Cn1c(CN2CCC(Cn3cncn3)CC2)nnc1C1CC1. The summed E-state index contributed by atoms with van der Waals surface area (Å²) >= 11 is 0. The van der Waals surface area contributed by atoms with Crippen LogP contribution in [0.1, 0.15) is 43.3 Å². The minimum absolute atomic E-state index is 0.666. The van der Waals surface area contributed by atoms with Gasteiger partial charge in [0.15, 0.2) is 0 Å². The van der Waals surface area contributed by atoms with Crippen molar-refractivity contribution in [1.82, 2.24) is 34.4 Å². The Morgan fingerprint density at radius 2 is 1.95 bits per heavy atom. The van der Waals surface area contributed by atoms with Gasteiger partial charge in [-0.1, -0.05) is 0 Å². The lowest BCUT2D eigenvalue weighted by Gasteiger charge is -2.31. The highest BCUT2D eigenvalue weighted by Gasteiger charge is 2.29. The lowest BCUT2D eigenvalue weighted by molar-refractivity contribution is 0.160. The summed E-state index contributed by atoms with van der Waals surface area (Å²) in [6.07, 6.45) is 8.41. The molecule has 0 bridgehead atoms. The number of nitrogens with zero attached hydrogens (tertiary/aromatic N) is 7. The van der Waals surface area contributed by atoms with Crippen molar-refractivity contribution in [3.63, 3.8) is 0 Å². The molecule has 1 saturated heterocycles. The van der Waals surface area contributed by atoms with Gasteiger partial charge < -0.3 is 4.57 Å². The highest BCUT2D eigenvalue weighted by atomic mass is 15.3. The van der Waals surface area contributed by atoms with E-state index in [9.17, 15) is 0 Å². The van der Waals surface area contributed by atoms with Crippen LogP contribution in [0.5, 0.6) is 0 Å². The summed E-state index contributed by atoms with van der Waals surface area (Å²) in [5.41, 5.74) is 0. The van der Waals surface area contributed by atoms with Gasteiger partial charge in [0.25, 0.3) is 0 Å². The van der Waals surface area contributed by atoms with Crippen molar-refractivity contribution < 1.29 is 0 Å². The molecular formula is C15H23N7. The average molecular weight is 301 g/mol. The van der Waals surface area contributed by atoms with E-state index in [-0.39, 0.29) is 0 Å². The Bertz CT molecular complexity index is 606. The molecule has 0 aromatic carbocycles. The Morgan fingerprint density at radius 1 is 1.14 bits per heavy atom. The Balaban J connectivity index is 1.30. The van der Waals surface area contributed by atoms with Gasteiger partial charge in [-0.25, -0.2) is 4.98 Å². The average Bonchev–Trinajstić information content (AvgIpc) is 3.13. The summed E-state index contributed by atoms with van der Waals surface area (Å²) in [4.78, 5) is 6.51. The van der Waals surface area contributed by atoms with Crippen LogP contribution in [0, 0.1) is 5.92 Å². The maximum atomic E-state index is 4.40. The number of rotatable bonds is 5. The normalized spacial score (nSPS) is 20.6. The molecular weight excluding hydrogens is 278 g/mol. The molecule has 3 heterocycles. The molecule has 0 atom stereocenters. The smallest absolute Gasteiger partial charge is 0.146 e. The quantitative estimate of drug-likeness (QED) is 0.830. The van der Waals surface area contributed by atoms with Gasteiger partial charge in [-0.05, 0) is 44.7 Å². The maximum Gasteiger partial charge on any atom is 0.146 e. The Hall–Kier alpha value is -1.76. The lowest BCUT2D eigenvalue weighted by Crippen LogP contribution is -2.35. The minimum Gasteiger partial charge on any atom is -0.317 e. The van der Waals surface area contributed by atoms with Gasteiger partial charge in [0.2, 0.25) is 0 Å². The molecule has 2 aromatic heterocycles. The number of likely N-dealkylation sites (tertiary alicyclic amines) is 1. The molecule has 0 radical (unpaired) electrons. The molecule has 7 nitrogen and oxygen atoms in total. The third-order valence-corrected chi connectivity index (χ3v) is 4.93. The predicted octanol–water partition coefficient (Wildman–Crippen LogP) is 1.20. The molecule has 22 heavy (non-hydrogen) atoms. The first-order valence-corrected chi connectivity index (χ1v) is 8.22. The summed E-state index contributed by atoms with van der Waals surface area (Å²) in [6, 6.07) is 0. The van der Waals surface area contributed by atoms with Crippen LogP contribution in [0.3, 0.4) is 0 Å². The largest absolute Gasteiger partial charge is 0.317 e. The van der Waals surface area contributed by atoms with Crippen molar-refractivity contribution in [3.8, 4) is 0 Å². The van der Waals surface area contributed by atoms with E-state index in [0.717, 1.165) is 32.0 Å². The third-order valence-electron chi connectivity index (χ3n) is 4.93. The summed E-state index contributed by atoms with van der Waals surface area (Å²) in [5.74, 6) is 3.66. The van der Waals surface area contributed by atoms with E-state index in [2.05, 4.69) is 36.8 Å². The summed E-state index contributed by atoms with van der Waals surface area (Å²) in [7, 11) is 2.11. The molecule has 0 amide bonds. The first-order valence-electron chi connectivity index (χ1n) is 8.22. The predicted molar refractivity (Wildman–Crippen MR) is 81.0 cm³/mol. The van der Waals surface area contributed by atoms with Crippen LogP contribution < -0.4 is 0 Å². The molecule has 7 heteroatoms. The number of piperidine rings is 1. The van der Waals surface area contributed by atoms with Gasteiger partial charge >= 0.3 is 0 Å². The first-order chi connectivity index (χ1) is 10.8. The highest BCUT2D eigenvalue weighted by Crippen LogP contribution is 2.38. The monoisotopic (exact) mass is 301 g/mol. The second kappa shape index (κ2) is 5.79. The molecule has 4 rings (SSSR count). The van der Waals surface area contributed by atoms with Crippen molar-refractivity contribution >= 4 is 0 Å². The van der Waals surface area contributed by atoms with E-state index in [0.29, 0.717) is 11.8 Å². The van der Waals surface area contributed by atoms with Crippen molar-refractivity contribution in [1.29, 1.82) is 0 Å². The molecule has 0 N–H and O–H groups in total. The summed E-state index contributed by atoms with van der Waals surface area (Å²) in [5, 5.41) is 13.0. The highest BCUT2D eigenvalue weighted by molar-refractivity contribution is 5.07. The molecule has 1 aliphatic carbocycles. The van der Waals surface area contributed by atoms with Gasteiger partial charge in [0.1, 0.15) is 24.3 Å². The third kappa shape index (κ3) is 2.90. The van der Waals surface area contributed by atoms with E-state index in [1.807, 2.05) is 11.0 Å². The van der Waals surface area contributed by atoms with E-state index in [1.165, 1.54) is 31.5 Å². The number of hydrogen-bond donors (Lipinski definition) is 0. The van der Waals surface area contributed by atoms with Crippen LogP contribution in [0.2, 0.25) is 0 Å². The van der Waals surface area contributed by atoms with Gasteiger partial charge in [-0.15, -0.1) is 10.2 Å². The van der Waals surface area contributed by atoms with Crippen molar-refractivity contribution in [2.45, 2.75) is 44.7 Å². The van der Waals surface area contributed by atoms with Crippen LogP contribution >= 0.6 is 0 Å². The molecule has 0 unspecified atom stereocenters. The molecule has 2 aliphatic rings. The van der Waals surface area contributed by atoms with E-state index in [1.54, 1.807) is 6.33 Å². The summed E-state index contributed by atoms with van der Waals surface area (Å²) < 4.78 is 4.16. The zero-order valence-electron chi connectivity index (χ0n) is 13.1. The lowest BCUT2D eigenvalue weighted by atomic mass is 9.97. The zero-order valence-corrected chi connectivity index (χ0v) is 13.1. The zero-order chi connectivity index (χ0) is 14.9. The second-order valence-electron chi connectivity index (χ2n) is 6.64. The van der Waals surface area contributed by atoms with Crippen LogP contribution in [0.4, 0.5) is 0 Å². The van der Waals surface area contributed by atoms with Crippen LogP contribution in [-0.2, 0) is 20.1 Å². The van der Waals surface area contributed by atoms with E-state index >= 15 is 0 Å². The van der Waals surface area contributed by atoms with E-state index in [4.69, 9.17) is 0 Å². The van der Waals surface area contributed by atoms with Crippen LogP contribution in [-0.4, -0.2) is 47.5 Å². The topological polar surface area (TPSA) is 64.7 Å². The fraction of sp³-hybridized carbons (Fsp3) is 0.733. The Kier molecular flexibility index (Phi) is 3.65. The van der Waals surface area contributed by atoms with Gasteiger partial charge in [-0.3, -0.25) is 9.58 Å². The number of aromatic nitrogens is 6. The van der Waals surface area contributed by atoms with Gasteiger partial charge in [-0.2, -0.15) is 5.10 Å². The van der Waals surface area contributed by atoms with Crippen LogP contribution in [0.25, 0.3) is 0 Å². The molecule has 2 fully saturated rings. The molecule has 1 saturated carbocycles. The molecule has 118 valence electrons. The maximum absolute atomic E-state index is 4.40. The molecule has 2 aromatic rings. The van der Waals surface area contributed by atoms with Crippen LogP contribution in [0.15, 0.2) is 12.7 Å². The Labute approximate surface area is 130 Å². The van der Waals surface area contributed by atoms with Crippen molar-refractivity contribution in [2.75, 3.05) is 13.1 Å². The fourth-order valence-corrected chi connectivity index (χ4v) is 3.33. The Morgan fingerprint density at radius 3 is 2.64 bits per heavy atom. The summed E-state index contributed by atoms with van der Waals surface area (Å²) in [6.45, 7) is 4.17. The second-order valence-corrected chi connectivity index (χ2v) is 6.64.